The summed E-state index contributed by atoms with van der Waals surface area (Å²) in [6.07, 6.45) is 1.10. The molecule has 0 aliphatic carbocycles. The molecule has 2 nitrogen and oxygen atoms in total. The van der Waals surface area contributed by atoms with Crippen LogP contribution in [0, 0.1) is 13.8 Å². The molecule has 3 aromatic rings. The highest BCUT2D eigenvalue weighted by atomic mass is 15.0. The van der Waals surface area contributed by atoms with Gasteiger partial charge in [0.15, 0.2) is 0 Å². The SMILES string of the molecule is Cc1cc(C)cc(C2NCCc3c2[nH]c2ccccc32)c1. The van der Waals surface area contributed by atoms with Crippen LogP contribution >= 0.6 is 0 Å². The summed E-state index contributed by atoms with van der Waals surface area (Å²) in [6.45, 7) is 5.38. The molecule has 0 saturated heterocycles. The first-order valence-corrected chi connectivity index (χ1v) is 7.63. The average Bonchev–Trinajstić information content (AvgIpc) is 2.84. The number of H-pyrrole nitrogens is 1. The van der Waals surface area contributed by atoms with Crippen molar-refractivity contribution in [3.8, 4) is 0 Å². The van der Waals surface area contributed by atoms with Crippen molar-refractivity contribution in [1.82, 2.24) is 10.3 Å². The lowest BCUT2D eigenvalue weighted by Gasteiger charge is -2.25. The van der Waals surface area contributed by atoms with Crippen LogP contribution in [0.5, 0.6) is 0 Å². The Hall–Kier alpha value is -2.06. The summed E-state index contributed by atoms with van der Waals surface area (Å²) in [4.78, 5) is 3.64. The van der Waals surface area contributed by atoms with E-state index in [0.717, 1.165) is 13.0 Å². The molecule has 0 bridgehead atoms. The van der Waals surface area contributed by atoms with Crippen LogP contribution in [-0.2, 0) is 6.42 Å². The number of aryl methyl sites for hydroxylation is 2. The summed E-state index contributed by atoms with van der Waals surface area (Å²) in [5.41, 5.74) is 8.09. The third kappa shape index (κ3) is 2.07. The van der Waals surface area contributed by atoms with E-state index in [-0.39, 0.29) is 6.04 Å². The van der Waals surface area contributed by atoms with Gasteiger partial charge in [0, 0.05) is 23.1 Å². The molecular weight excluding hydrogens is 256 g/mol. The van der Waals surface area contributed by atoms with Crippen molar-refractivity contribution in [1.29, 1.82) is 0 Å². The molecule has 4 rings (SSSR count). The van der Waals surface area contributed by atoms with Crippen molar-refractivity contribution in [2.75, 3.05) is 6.54 Å². The lowest BCUT2D eigenvalue weighted by molar-refractivity contribution is 0.560. The molecule has 2 N–H and O–H groups in total. The maximum Gasteiger partial charge on any atom is 0.0732 e. The largest absolute Gasteiger partial charge is 0.357 e. The fraction of sp³-hybridized carbons (Fsp3) is 0.263. The zero-order valence-corrected chi connectivity index (χ0v) is 12.5. The second-order valence-electron chi connectivity index (χ2n) is 6.12. The quantitative estimate of drug-likeness (QED) is 0.690. The summed E-state index contributed by atoms with van der Waals surface area (Å²) in [5.74, 6) is 0. The summed E-state index contributed by atoms with van der Waals surface area (Å²) < 4.78 is 0. The number of hydrogen-bond donors (Lipinski definition) is 2. The van der Waals surface area contributed by atoms with Crippen LogP contribution in [0.1, 0.15) is 34.0 Å². The van der Waals surface area contributed by atoms with Crippen LogP contribution in [0.25, 0.3) is 10.9 Å². The summed E-state index contributed by atoms with van der Waals surface area (Å²) >= 11 is 0. The normalized spacial score (nSPS) is 17.9. The standard InChI is InChI=1S/C19H20N2/c1-12-9-13(2)11-14(10-12)18-19-16(7-8-20-18)15-5-3-4-6-17(15)21-19/h3-6,9-11,18,20-21H,7-8H2,1-2H3. The molecule has 0 saturated carbocycles. The van der Waals surface area contributed by atoms with E-state index in [2.05, 4.69) is 66.6 Å². The van der Waals surface area contributed by atoms with E-state index in [1.165, 1.54) is 38.9 Å². The number of fused-ring (bicyclic) bond motifs is 3. The predicted molar refractivity (Wildman–Crippen MR) is 87.8 cm³/mol. The van der Waals surface area contributed by atoms with Crippen LogP contribution in [-0.4, -0.2) is 11.5 Å². The maximum atomic E-state index is 3.68. The first kappa shape index (κ1) is 12.7. The van der Waals surface area contributed by atoms with E-state index in [9.17, 15) is 0 Å². The van der Waals surface area contributed by atoms with Crippen molar-refractivity contribution >= 4 is 10.9 Å². The molecule has 0 spiro atoms. The Morgan fingerprint density at radius 3 is 2.57 bits per heavy atom. The average molecular weight is 276 g/mol. The Morgan fingerprint density at radius 1 is 1.00 bits per heavy atom. The molecule has 1 aliphatic heterocycles. The maximum absolute atomic E-state index is 3.68. The first-order valence-electron chi connectivity index (χ1n) is 7.63. The molecule has 106 valence electrons. The van der Waals surface area contributed by atoms with E-state index in [0.29, 0.717) is 0 Å². The molecule has 0 radical (unpaired) electrons. The molecule has 0 amide bonds. The number of hydrogen-bond acceptors (Lipinski definition) is 1. The Morgan fingerprint density at radius 2 is 1.76 bits per heavy atom. The number of nitrogens with one attached hydrogen (secondary N) is 2. The van der Waals surface area contributed by atoms with Crippen LogP contribution in [0.15, 0.2) is 42.5 Å². The minimum absolute atomic E-state index is 0.278. The van der Waals surface area contributed by atoms with Crippen molar-refractivity contribution in [3.05, 3.63) is 70.4 Å². The van der Waals surface area contributed by atoms with Crippen molar-refractivity contribution in [2.24, 2.45) is 0 Å². The highest BCUT2D eigenvalue weighted by Crippen LogP contribution is 2.33. The van der Waals surface area contributed by atoms with Crippen LogP contribution in [0.3, 0.4) is 0 Å². The molecule has 2 heteroatoms. The lowest BCUT2D eigenvalue weighted by Crippen LogP contribution is -2.30. The zero-order chi connectivity index (χ0) is 14.4. The van der Waals surface area contributed by atoms with Gasteiger partial charge >= 0.3 is 0 Å². The van der Waals surface area contributed by atoms with Crippen LogP contribution < -0.4 is 5.32 Å². The van der Waals surface area contributed by atoms with E-state index < -0.39 is 0 Å². The third-order valence-corrected chi connectivity index (χ3v) is 4.44. The molecule has 2 heterocycles. The van der Waals surface area contributed by atoms with Gasteiger partial charge < -0.3 is 10.3 Å². The highest BCUT2D eigenvalue weighted by Gasteiger charge is 2.25. The Balaban J connectivity index is 1.90. The monoisotopic (exact) mass is 276 g/mol. The summed E-state index contributed by atoms with van der Waals surface area (Å²) in [6, 6.07) is 15.7. The topological polar surface area (TPSA) is 27.8 Å². The van der Waals surface area contributed by atoms with Gasteiger partial charge in [-0.15, -0.1) is 0 Å². The number of aromatic amines is 1. The fourth-order valence-corrected chi connectivity index (χ4v) is 3.64. The molecule has 1 unspecified atom stereocenters. The van der Waals surface area contributed by atoms with E-state index in [1.54, 1.807) is 0 Å². The van der Waals surface area contributed by atoms with Gasteiger partial charge in [-0.05, 0) is 37.5 Å². The third-order valence-electron chi connectivity index (χ3n) is 4.44. The van der Waals surface area contributed by atoms with Gasteiger partial charge in [0.25, 0.3) is 0 Å². The second-order valence-corrected chi connectivity index (χ2v) is 6.12. The van der Waals surface area contributed by atoms with Crippen molar-refractivity contribution < 1.29 is 0 Å². The van der Waals surface area contributed by atoms with Gasteiger partial charge in [-0.25, -0.2) is 0 Å². The van der Waals surface area contributed by atoms with Crippen molar-refractivity contribution in [3.63, 3.8) is 0 Å². The number of benzene rings is 2. The van der Waals surface area contributed by atoms with E-state index >= 15 is 0 Å². The van der Waals surface area contributed by atoms with Gasteiger partial charge in [-0.2, -0.15) is 0 Å². The van der Waals surface area contributed by atoms with Gasteiger partial charge in [0.2, 0.25) is 0 Å². The molecule has 0 fully saturated rings. The molecule has 21 heavy (non-hydrogen) atoms. The van der Waals surface area contributed by atoms with E-state index in [1.807, 2.05) is 0 Å². The molecule has 1 aromatic heterocycles. The van der Waals surface area contributed by atoms with Gasteiger partial charge in [-0.3, -0.25) is 0 Å². The van der Waals surface area contributed by atoms with Gasteiger partial charge in [-0.1, -0.05) is 47.5 Å². The smallest absolute Gasteiger partial charge is 0.0732 e. The van der Waals surface area contributed by atoms with Crippen molar-refractivity contribution in [2.45, 2.75) is 26.3 Å². The highest BCUT2D eigenvalue weighted by molar-refractivity contribution is 5.85. The Labute approximate surface area is 125 Å². The van der Waals surface area contributed by atoms with Gasteiger partial charge in [0.05, 0.1) is 6.04 Å². The molecule has 1 aliphatic rings. The van der Waals surface area contributed by atoms with Crippen LogP contribution in [0.4, 0.5) is 0 Å². The summed E-state index contributed by atoms with van der Waals surface area (Å²) in [7, 11) is 0. The van der Waals surface area contributed by atoms with E-state index in [4.69, 9.17) is 0 Å². The zero-order valence-electron chi connectivity index (χ0n) is 12.5. The second kappa shape index (κ2) is 4.74. The lowest BCUT2D eigenvalue weighted by atomic mass is 9.92. The Kier molecular flexibility index (Phi) is 2.86. The first-order chi connectivity index (χ1) is 10.2. The molecule has 1 atom stereocenters. The minimum Gasteiger partial charge on any atom is -0.357 e. The number of para-hydroxylation sites is 1. The molecular formula is C19H20N2. The number of aromatic nitrogens is 1. The summed E-state index contributed by atoms with van der Waals surface area (Å²) in [5, 5.41) is 5.05. The van der Waals surface area contributed by atoms with Gasteiger partial charge in [0.1, 0.15) is 0 Å². The van der Waals surface area contributed by atoms with Crippen LogP contribution in [0.2, 0.25) is 0 Å². The molecule has 2 aromatic carbocycles. The Bertz CT molecular complexity index is 793. The fourth-order valence-electron chi connectivity index (χ4n) is 3.64. The minimum atomic E-state index is 0.278. The predicted octanol–water partition coefficient (Wildman–Crippen LogP) is 4.02. The number of rotatable bonds is 1.